The third kappa shape index (κ3) is 5.61. The third-order valence-corrected chi connectivity index (χ3v) is 6.90. The summed E-state index contributed by atoms with van der Waals surface area (Å²) in [6.45, 7) is 2.65. The van der Waals surface area contributed by atoms with Gasteiger partial charge in [-0.3, -0.25) is 19.2 Å². The Hall–Kier alpha value is -2.94. The van der Waals surface area contributed by atoms with Gasteiger partial charge in [-0.15, -0.1) is 0 Å². The molecule has 1 atom stereocenters. The average Bonchev–Trinajstić information content (AvgIpc) is 2.74. The molecule has 2 aromatic carbocycles. The SMILES string of the molecule is C[C@@H](C(=O)N1CCC(Cc2ccccc2)CC1)N(c1cccc([N+](=O)[O-])c1)S(C)(=O)=O. The number of benzene rings is 2. The zero-order chi connectivity index (χ0) is 22.6. The van der Waals surface area contributed by atoms with Crippen LogP contribution < -0.4 is 4.31 Å². The molecule has 1 heterocycles. The Balaban J connectivity index is 1.71. The summed E-state index contributed by atoms with van der Waals surface area (Å²) in [6.07, 6.45) is 3.66. The van der Waals surface area contributed by atoms with Gasteiger partial charge in [0, 0.05) is 25.2 Å². The number of nitrogens with zero attached hydrogens (tertiary/aromatic N) is 3. The Labute approximate surface area is 182 Å². The van der Waals surface area contributed by atoms with Crippen LogP contribution in [0.25, 0.3) is 0 Å². The second kappa shape index (κ2) is 9.47. The van der Waals surface area contributed by atoms with Crippen LogP contribution in [0.5, 0.6) is 0 Å². The van der Waals surface area contributed by atoms with Crippen molar-refractivity contribution >= 4 is 27.3 Å². The topological polar surface area (TPSA) is 101 Å². The van der Waals surface area contributed by atoms with Gasteiger partial charge in [-0.1, -0.05) is 36.4 Å². The van der Waals surface area contributed by atoms with Crippen molar-refractivity contribution in [3.63, 3.8) is 0 Å². The van der Waals surface area contributed by atoms with Crippen molar-refractivity contribution in [3.8, 4) is 0 Å². The van der Waals surface area contributed by atoms with Crippen LogP contribution in [0.4, 0.5) is 11.4 Å². The summed E-state index contributed by atoms with van der Waals surface area (Å²) in [5.74, 6) is 0.180. The Morgan fingerprint density at radius 2 is 1.81 bits per heavy atom. The lowest BCUT2D eigenvalue weighted by atomic mass is 9.90. The van der Waals surface area contributed by atoms with E-state index in [0.717, 1.165) is 29.8 Å². The fourth-order valence-electron chi connectivity index (χ4n) is 4.12. The van der Waals surface area contributed by atoms with Gasteiger partial charge in [0.1, 0.15) is 6.04 Å². The first-order valence-corrected chi connectivity index (χ1v) is 12.1. The lowest BCUT2D eigenvalue weighted by Gasteiger charge is -2.36. The molecule has 1 fully saturated rings. The molecule has 1 amide bonds. The smallest absolute Gasteiger partial charge is 0.271 e. The number of nitro benzene ring substituents is 1. The minimum Gasteiger partial charge on any atom is -0.341 e. The van der Waals surface area contributed by atoms with Gasteiger partial charge in [-0.2, -0.15) is 0 Å². The molecular weight excluding hydrogens is 418 g/mol. The van der Waals surface area contributed by atoms with Crippen molar-refractivity contribution in [2.24, 2.45) is 5.92 Å². The monoisotopic (exact) mass is 445 g/mol. The zero-order valence-corrected chi connectivity index (χ0v) is 18.5. The summed E-state index contributed by atoms with van der Waals surface area (Å²) in [5, 5.41) is 11.1. The number of likely N-dealkylation sites (tertiary alicyclic amines) is 1. The molecule has 8 nitrogen and oxygen atoms in total. The van der Waals surface area contributed by atoms with E-state index in [2.05, 4.69) is 12.1 Å². The highest BCUT2D eigenvalue weighted by Gasteiger charge is 2.34. The second-order valence-electron chi connectivity index (χ2n) is 7.97. The van der Waals surface area contributed by atoms with Crippen molar-refractivity contribution < 1.29 is 18.1 Å². The number of nitro groups is 1. The van der Waals surface area contributed by atoms with Crippen LogP contribution in [0.15, 0.2) is 54.6 Å². The van der Waals surface area contributed by atoms with Gasteiger partial charge in [-0.05, 0) is 43.7 Å². The maximum atomic E-state index is 13.1. The van der Waals surface area contributed by atoms with Gasteiger partial charge < -0.3 is 4.90 Å². The van der Waals surface area contributed by atoms with Crippen LogP contribution in [-0.4, -0.2) is 49.5 Å². The van der Waals surface area contributed by atoms with Gasteiger partial charge in [0.05, 0.1) is 16.9 Å². The molecule has 1 aliphatic heterocycles. The number of non-ortho nitro benzene ring substituents is 1. The summed E-state index contributed by atoms with van der Waals surface area (Å²) in [7, 11) is -3.83. The Morgan fingerprint density at radius 3 is 2.39 bits per heavy atom. The minimum atomic E-state index is -3.83. The predicted molar refractivity (Wildman–Crippen MR) is 119 cm³/mol. The zero-order valence-electron chi connectivity index (χ0n) is 17.7. The van der Waals surface area contributed by atoms with E-state index in [1.807, 2.05) is 18.2 Å². The first kappa shape index (κ1) is 22.7. The number of carbonyl (C=O) groups excluding carboxylic acids is 1. The number of hydrogen-bond acceptors (Lipinski definition) is 5. The summed E-state index contributed by atoms with van der Waals surface area (Å²) in [5.41, 5.74) is 1.15. The maximum Gasteiger partial charge on any atom is 0.271 e. The summed E-state index contributed by atoms with van der Waals surface area (Å²) in [6, 6.07) is 14.6. The van der Waals surface area contributed by atoms with Crippen LogP contribution in [0.1, 0.15) is 25.3 Å². The standard InChI is InChI=1S/C22H27N3O5S/c1-17(24(31(2,29)30)20-9-6-10-21(16-20)25(27)28)22(26)23-13-11-19(12-14-23)15-18-7-4-3-5-8-18/h3-10,16-17,19H,11-15H2,1-2H3/t17-/m0/s1. The Bertz CT molecular complexity index is 1030. The van der Waals surface area contributed by atoms with Crippen LogP contribution in [0.2, 0.25) is 0 Å². The molecule has 0 aromatic heterocycles. The second-order valence-corrected chi connectivity index (χ2v) is 9.83. The van der Waals surface area contributed by atoms with Gasteiger partial charge >= 0.3 is 0 Å². The van der Waals surface area contributed by atoms with E-state index in [9.17, 15) is 23.3 Å². The van der Waals surface area contributed by atoms with Crippen molar-refractivity contribution in [1.29, 1.82) is 0 Å². The van der Waals surface area contributed by atoms with Crippen LogP contribution in [0.3, 0.4) is 0 Å². The fraction of sp³-hybridized carbons (Fsp3) is 0.409. The van der Waals surface area contributed by atoms with Crippen LogP contribution in [-0.2, 0) is 21.2 Å². The molecule has 9 heteroatoms. The molecule has 1 aliphatic rings. The summed E-state index contributed by atoms with van der Waals surface area (Å²) < 4.78 is 25.9. The van der Waals surface area contributed by atoms with Gasteiger partial charge in [0.2, 0.25) is 15.9 Å². The highest BCUT2D eigenvalue weighted by Crippen LogP contribution is 2.27. The summed E-state index contributed by atoms with van der Waals surface area (Å²) in [4.78, 5) is 25.3. The van der Waals surface area contributed by atoms with E-state index in [0.29, 0.717) is 19.0 Å². The molecule has 0 spiro atoms. The molecule has 2 aromatic rings. The fourth-order valence-corrected chi connectivity index (χ4v) is 5.28. The van der Waals surface area contributed by atoms with E-state index >= 15 is 0 Å². The molecule has 0 saturated carbocycles. The van der Waals surface area contributed by atoms with Gasteiger partial charge in [0.15, 0.2) is 0 Å². The molecule has 0 radical (unpaired) electrons. The van der Waals surface area contributed by atoms with E-state index < -0.39 is 21.0 Å². The van der Waals surface area contributed by atoms with E-state index in [1.165, 1.54) is 36.8 Å². The highest BCUT2D eigenvalue weighted by atomic mass is 32.2. The normalized spacial score (nSPS) is 16.0. The molecule has 31 heavy (non-hydrogen) atoms. The lowest BCUT2D eigenvalue weighted by Crippen LogP contribution is -2.51. The number of carbonyl (C=O) groups is 1. The molecule has 0 bridgehead atoms. The quantitative estimate of drug-likeness (QED) is 0.481. The summed E-state index contributed by atoms with van der Waals surface area (Å²) >= 11 is 0. The van der Waals surface area contributed by atoms with Crippen molar-refractivity contribution in [2.45, 2.75) is 32.2 Å². The molecule has 0 N–H and O–H groups in total. The lowest BCUT2D eigenvalue weighted by molar-refractivity contribution is -0.384. The third-order valence-electron chi connectivity index (χ3n) is 5.65. The van der Waals surface area contributed by atoms with Crippen LogP contribution >= 0.6 is 0 Å². The van der Waals surface area contributed by atoms with Crippen molar-refractivity contribution in [3.05, 3.63) is 70.3 Å². The predicted octanol–water partition coefficient (Wildman–Crippen LogP) is 3.23. The maximum absolute atomic E-state index is 13.1. The number of piperidine rings is 1. The first-order valence-electron chi connectivity index (χ1n) is 10.2. The molecule has 1 saturated heterocycles. The van der Waals surface area contributed by atoms with Gasteiger partial charge in [-0.25, -0.2) is 8.42 Å². The molecule has 0 aliphatic carbocycles. The first-order chi connectivity index (χ1) is 14.7. The van der Waals surface area contributed by atoms with E-state index in [4.69, 9.17) is 0 Å². The van der Waals surface area contributed by atoms with Crippen LogP contribution in [0, 0.1) is 16.0 Å². The minimum absolute atomic E-state index is 0.108. The Kier molecular flexibility index (Phi) is 6.94. The van der Waals surface area contributed by atoms with Crippen molar-refractivity contribution in [1.82, 2.24) is 4.90 Å². The average molecular weight is 446 g/mol. The molecule has 0 unspecified atom stereocenters. The van der Waals surface area contributed by atoms with Gasteiger partial charge in [0.25, 0.3) is 5.69 Å². The number of amides is 1. The largest absolute Gasteiger partial charge is 0.341 e. The van der Waals surface area contributed by atoms with Crippen molar-refractivity contribution in [2.75, 3.05) is 23.7 Å². The number of anilines is 1. The molecule has 166 valence electrons. The van der Waals surface area contributed by atoms with E-state index in [-0.39, 0.29) is 17.3 Å². The number of hydrogen-bond donors (Lipinski definition) is 0. The van der Waals surface area contributed by atoms with E-state index in [1.54, 1.807) is 4.90 Å². The highest BCUT2D eigenvalue weighted by molar-refractivity contribution is 7.92. The number of sulfonamides is 1. The molecule has 3 rings (SSSR count). The Morgan fingerprint density at radius 1 is 1.16 bits per heavy atom. The number of rotatable bonds is 7. The molecular formula is C22H27N3O5S.